The van der Waals surface area contributed by atoms with Gasteiger partial charge in [-0.05, 0) is 36.9 Å². The van der Waals surface area contributed by atoms with E-state index in [2.05, 4.69) is 10.3 Å². The van der Waals surface area contributed by atoms with Gasteiger partial charge in [-0.1, -0.05) is 35.6 Å². The molecule has 3 aromatic rings. The molecule has 0 saturated carbocycles. The van der Waals surface area contributed by atoms with Gasteiger partial charge >= 0.3 is 6.18 Å². The van der Waals surface area contributed by atoms with E-state index in [1.165, 1.54) is 42.6 Å². The largest absolute Gasteiger partial charge is 0.431 e. The summed E-state index contributed by atoms with van der Waals surface area (Å²) in [6.45, 7) is 0. The maximum atomic E-state index is 12.9. The number of aromatic nitrogens is 1. The predicted molar refractivity (Wildman–Crippen MR) is 84.0 cm³/mol. The molecule has 0 spiro atoms. The number of hydrogen-bond donors (Lipinski definition) is 1. The van der Waals surface area contributed by atoms with Crippen molar-refractivity contribution >= 4 is 21.6 Å². The zero-order chi connectivity index (χ0) is 16.4. The Morgan fingerprint density at radius 2 is 1.78 bits per heavy atom. The first kappa shape index (κ1) is 15.8. The minimum absolute atomic E-state index is 0.136. The first-order chi connectivity index (χ1) is 11.0. The molecule has 1 aromatic heterocycles. The summed E-state index contributed by atoms with van der Waals surface area (Å²) in [7, 11) is 1.28. The van der Waals surface area contributed by atoms with E-state index >= 15 is 0 Å². The van der Waals surface area contributed by atoms with Crippen LogP contribution in [0.15, 0.2) is 48.5 Å². The Hall–Kier alpha value is -2.12. The number of nitrogens with zero attached hydrogens (tertiary/aromatic N) is 1. The van der Waals surface area contributed by atoms with Crippen molar-refractivity contribution in [1.29, 1.82) is 0 Å². The molecule has 120 valence electrons. The van der Waals surface area contributed by atoms with Gasteiger partial charge in [0.15, 0.2) is 0 Å². The molecule has 3 rings (SSSR count). The number of thiazole rings is 1. The van der Waals surface area contributed by atoms with E-state index in [0.29, 0.717) is 10.9 Å². The van der Waals surface area contributed by atoms with Crippen LogP contribution in [0, 0.1) is 0 Å². The molecule has 2 aromatic carbocycles. The topological polar surface area (TPSA) is 34.1 Å². The SMILES string of the molecule is CNC(c1ccc(Oc2nc3ccccc3s2)cc1)C(F)(F)F. The number of benzene rings is 2. The molecule has 0 radical (unpaired) electrons. The minimum Gasteiger partial charge on any atom is -0.431 e. The number of hydrogen-bond acceptors (Lipinski definition) is 4. The Labute approximate surface area is 134 Å². The number of ether oxygens (including phenoxy) is 1. The molecule has 0 aliphatic heterocycles. The normalized spacial score (nSPS) is 13.2. The van der Waals surface area contributed by atoms with Gasteiger partial charge in [0.2, 0.25) is 0 Å². The van der Waals surface area contributed by atoms with Crippen molar-refractivity contribution in [3.05, 3.63) is 54.1 Å². The highest BCUT2D eigenvalue weighted by Crippen LogP contribution is 2.34. The van der Waals surface area contributed by atoms with Crippen molar-refractivity contribution < 1.29 is 17.9 Å². The zero-order valence-electron chi connectivity index (χ0n) is 12.1. The zero-order valence-corrected chi connectivity index (χ0v) is 12.9. The van der Waals surface area contributed by atoms with Crippen LogP contribution in [-0.2, 0) is 0 Å². The van der Waals surface area contributed by atoms with Gasteiger partial charge in [0.1, 0.15) is 11.8 Å². The second-order valence-electron chi connectivity index (χ2n) is 4.88. The van der Waals surface area contributed by atoms with Gasteiger partial charge in [0.25, 0.3) is 5.19 Å². The van der Waals surface area contributed by atoms with Crippen molar-refractivity contribution in [3.8, 4) is 10.9 Å². The number of para-hydroxylation sites is 1. The molecule has 0 bridgehead atoms. The van der Waals surface area contributed by atoms with E-state index in [1.807, 2.05) is 24.3 Å². The van der Waals surface area contributed by atoms with Crippen molar-refractivity contribution in [1.82, 2.24) is 10.3 Å². The molecule has 1 atom stereocenters. The Kier molecular flexibility index (Phi) is 4.23. The number of rotatable bonds is 4. The minimum atomic E-state index is -4.34. The predicted octanol–water partition coefficient (Wildman–Crippen LogP) is 4.91. The lowest BCUT2D eigenvalue weighted by Gasteiger charge is -2.20. The fourth-order valence-corrected chi connectivity index (χ4v) is 3.08. The van der Waals surface area contributed by atoms with Crippen LogP contribution >= 0.6 is 11.3 Å². The van der Waals surface area contributed by atoms with E-state index in [0.717, 1.165) is 10.2 Å². The Morgan fingerprint density at radius 3 is 2.39 bits per heavy atom. The monoisotopic (exact) mass is 338 g/mol. The van der Waals surface area contributed by atoms with Gasteiger partial charge in [0.05, 0.1) is 10.2 Å². The second-order valence-corrected chi connectivity index (χ2v) is 5.88. The second kappa shape index (κ2) is 6.17. The molecule has 0 aliphatic carbocycles. The quantitative estimate of drug-likeness (QED) is 0.734. The maximum Gasteiger partial charge on any atom is 0.407 e. The molecule has 23 heavy (non-hydrogen) atoms. The van der Waals surface area contributed by atoms with Crippen LogP contribution in [-0.4, -0.2) is 18.2 Å². The molecule has 7 heteroatoms. The van der Waals surface area contributed by atoms with Crippen molar-refractivity contribution in [2.24, 2.45) is 0 Å². The Bertz CT molecular complexity index is 766. The van der Waals surface area contributed by atoms with Crippen LogP contribution < -0.4 is 10.1 Å². The number of halogens is 3. The van der Waals surface area contributed by atoms with E-state index in [-0.39, 0.29) is 5.56 Å². The molecule has 0 saturated heterocycles. The standard InChI is InChI=1S/C16H13F3N2OS/c1-20-14(16(17,18)19)10-6-8-11(9-7-10)22-15-21-12-4-2-3-5-13(12)23-15/h2-9,14,20H,1H3. The average Bonchev–Trinajstić information content (AvgIpc) is 2.90. The first-order valence-electron chi connectivity index (χ1n) is 6.85. The number of fused-ring (bicyclic) bond motifs is 1. The van der Waals surface area contributed by atoms with Gasteiger partial charge in [-0.15, -0.1) is 0 Å². The molecule has 1 N–H and O–H groups in total. The van der Waals surface area contributed by atoms with Crippen LogP contribution in [0.25, 0.3) is 10.2 Å². The summed E-state index contributed by atoms with van der Waals surface area (Å²) in [6, 6.07) is 11.7. The summed E-state index contributed by atoms with van der Waals surface area (Å²) < 4.78 is 45.2. The van der Waals surface area contributed by atoms with Gasteiger partial charge in [-0.3, -0.25) is 0 Å². The maximum absolute atomic E-state index is 12.9. The lowest BCUT2D eigenvalue weighted by molar-refractivity contribution is -0.156. The fourth-order valence-electron chi connectivity index (χ4n) is 2.24. The third-order valence-electron chi connectivity index (χ3n) is 3.31. The van der Waals surface area contributed by atoms with Crippen LogP contribution in [0.5, 0.6) is 10.9 Å². The number of nitrogens with one attached hydrogen (secondary N) is 1. The summed E-state index contributed by atoms with van der Waals surface area (Å²) in [4.78, 5) is 4.32. The molecular weight excluding hydrogens is 325 g/mol. The van der Waals surface area contributed by atoms with E-state index in [9.17, 15) is 13.2 Å². The van der Waals surface area contributed by atoms with Crippen molar-refractivity contribution in [2.45, 2.75) is 12.2 Å². The highest BCUT2D eigenvalue weighted by Gasteiger charge is 2.39. The van der Waals surface area contributed by atoms with Crippen LogP contribution in [0.3, 0.4) is 0 Å². The lowest BCUT2D eigenvalue weighted by Crippen LogP contribution is -2.31. The summed E-state index contributed by atoms with van der Waals surface area (Å²) in [5.74, 6) is 0.449. The average molecular weight is 338 g/mol. The molecule has 1 unspecified atom stereocenters. The molecular formula is C16H13F3N2OS. The van der Waals surface area contributed by atoms with E-state index in [4.69, 9.17) is 4.74 Å². The van der Waals surface area contributed by atoms with Gasteiger partial charge in [0, 0.05) is 0 Å². The highest BCUT2D eigenvalue weighted by molar-refractivity contribution is 7.20. The molecule has 0 aliphatic rings. The van der Waals surface area contributed by atoms with Gasteiger partial charge in [-0.25, -0.2) is 4.98 Å². The fraction of sp³-hybridized carbons (Fsp3) is 0.188. The van der Waals surface area contributed by atoms with Gasteiger partial charge < -0.3 is 10.1 Å². The number of alkyl halides is 3. The third-order valence-corrected chi connectivity index (χ3v) is 4.22. The van der Waals surface area contributed by atoms with Crippen LogP contribution in [0.1, 0.15) is 11.6 Å². The molecule has 0 amide bonds. The lowest BCUT2D eigenvalue weighted by atomic mass is 10.1. The van der Waals surface area contributed by atoms with Gasteiger partial charge in [-0.2, -0.15) is 13.2 Å². The summed E-state index contributed by atoms with van der Waals surface area (Å²) in [5.41, 5.74) is 0.966. The molecule has 0 fully saturated rings. The third kappa shape index (κ3) is 3.46. The van der Waals surface area contributed by atoms with Crippen molar-refractivity contribution in [3.63, 3.8) is 0 Å². The van der Waals surface area contributed by atoms with Crippen LogP contribution in [0.2, 0.25) is 0 Å². The summed E-state index contributed by atoms with van der Waals surface area (Å²) >= 11 is 1.39. The smallest absolute Gasteiger partial charge is 0.407 e. The Morgan fingerprint density at radius 1 is 1.09 bits per heavy atom. The first-order valence-corrected chi connectivity index (χ1v) is 7.66. The van der Waals surface area contributed by atoms with E-state index in [1.54, 1.807) is 0 Å². The summed E-state index contributed by atoms with van der Waals surface area (Å²) in [5, 5.41) is 2.73. The molecule has 1 heterocycles. The van der Waals surface area contributed by atoms with Crippen molar-refractivity contribution in [2.75, 3.05) is 7.05 Å². The highest BCUT2D eigenvalue weighted by atomic mass is 32.1. The van der Waals surface area contributed by atoms with Crippen LogP contribution in [0.4, 0.5) is 13.2 Å². The summed E-state index contributed by atoms with van der Waals surface area (Å²) in [6.07, 6.45) is -4.34. The van der Waals surface area contributed by atoms with E-state index < -0.39 is 12.2 Å². The molecule has 3 nitrogen and oxygen atoms in total. The Balaban J connectivity index is 1.79.